The molecule has 0 amide bonds. The molecule has 5 heteroatoms. The lowest BCUT2D eigenvalue weighted by Gasteiger charge is -2.12. The van der Waals surface area contributed by atoms with Crippen molar-refractivity contribution in [2.24, 2.45) is 0 Å². The second kappa shape index (κ2) is 6.96. The third-order valence-electron chi connectivity index (χ3n) is 4.36. The first-order valence-electron chi connectivity index (χ1n) is 8.68. The molecule has 2 aromatic carbocycles. The van der Waals surface area contributed by atoms with E-state index in [2.05, 4.69) is 29.0 Å². The zero-order valence-corrected chi connectivity index (χ0v) is 14.7. The van der Waals surface area contributed by atoms with Crippen LogP contribution in [0.4, 0.5) is 0 Å². The normalized spacial score (nSPS) is 12.2. The van der Waals surface area contributed by atoms with Crippen molar-refractivity contribution in [1.29, 1.82) is 0 Å². The molecule has 1 unspecified atom stereocenters. The fourth-order valence-electron chi connectivity index (χ4n) is 2.76. The minimum absolute atomic E-state index is 0.191. The molecule has 0 aliphatic carbocycles. The van der Waals surface area contributed by atoms with Gasteiger partial charge in [-0.25, -0.2) is 0 Å². The van der Waals surface area contributed by atoms with Crippen molar-refractivity contribution in [2.45, 2.75) is 26.4 Å². The molecule has 4 rings (SSSR count). The van der Waals surface area contributed by atoms with E-state index in [9.17, 15) is 0 Å². The summed E-state index contributed by atoms with van der Waals surface area (Å²) in [4.78, 5) is 8.73. The highest BCUT2D eigenvalue weighted by Gasteiger charge is 2.13. The Balaban J connectivity index is 1.64. The van der Waals surface area contributed by atoms with E-state index in [4.69, 9.17) is 9.26 Å². The maximum absolute atomic E-state index is 5.80. The molecule has 0 aliphatic heterocycles. The van der Waals surface area contributed by atoms with Crippen LogP contribution in [0.1, 0.15) is 20.3 Å². The number of pyridine rings is 1. The Bertz CT molecular complexity index is 1020. The summed E-state index contributed by atoms with van der Waals surface area (Å²) in [6.45, 7) is 4.15. The van der Waals surface area contributed by atoms with Crippen LogP contribution < -0.4 is 4.74 Å². The first kappa shape index (κ1) is 16.3. The van der Waals surface area contributed by atoms with Gasteiger partial charge in [-0.2, -0.15) is 4.98 Å². The molecule has 0 saturated carbocycles. The number of fused-ring (bicyclic) bond motifs is 1. The van der Waals surface area contributed by atoms with E-state index in [1.54, 1.807) is 6.20 Å². The average molecular weight is 345 g/mol. The van der Waals surface area contributed by atoms with Gasteiger partial charge in [-0.3, -0.25) is 4.98 Å². The van der Waals surface area contributed by atoms with Crippen molar-refractivity contribution in [2.75, 3.05) is 0 Å². The van der Waals surface area contributed by atoms with Crippen LogP contribution in [-0.4, -0.2) is 21.2 Å². The van der Waals surface area contributed by atoms with Gasteiger partial charge in [0.15, 0.2) is 0 Å². The Labute approximate surface area is 151 Å². The number of benzene rings is 2. The highest BCUT2D eigenvalue weighted by atomic mass is 16.5. The molecule has 0 N–H and O–H groups in total. The Kier molecular flexibility index (Phi) is 4.35. The molecule has 0 fully saturated rings. The Morgan fingerprint density at radius 3 is 2.73 bits per heavy atom. The zero-order chi connectivity index (χ0) is 17.9. The van der Waals surface area contributed by atoms with Gasteiger partial charge in [0.2, 0.25) is 5.82 Å². The van der Waals surface area contributed by atoms with Crippen LogP contribution in [0, 0.1) is 0 Å². The summed E-state index contributed by atoms with van der Waals surface area (Å²) in [5.74, 6) is 1.89. The summed E-state index contributed by atoms with van der Waals surface area (Å²) in [5.41, 5.74) is 1.79. The molecule has 5 nitrogen and oxygen atoms in total. The van der Waals surface area contributed by atoms with Crippen molar-refractivity contribution in [3.05, 3.63) is 60.9 Å². The molecule has 4 aromatic rings. The molecule has 2 heterocycles. The van der Waals surface area contributed by atoms with Crippen LogP contribution in [0.15, 0.2) is 65.4 Å². The first-order valence-corrected chi connectivity index (χ1v) is 8.68. The van der Waals surface area contributed by atoms with E-state index < -0.39 is 0 Å². The van der Waals surface area contributed by atoms with Gasteiger partial charge in [0.25, 0.3) is 5.89 Å². The van der Waals surface area contributed by atoms with E-state index in [0.717, 1.165) is 34.1 Å². The van der Waals surface area contributed by atoms with Crippen LogP contribution in [0.25, 0.3) is 33.6 Å². The van der Waals surface area contributed by atoms with Gasteiger partial charge >= 0.3 is 0 Å². The smallest absolute Gasteiger partial charge is 0.258 e. The lowest BCUT2D eigenvalue weighted by atomic mass is 10.1. The summed E-state index contributed by atoms with van der Waals surface area (Å²) in [6.07, 6.45) is 4.75. The number of hydrogen-bond acceptors (Lipinski definition) is 5. The summed E-state index contributed by atoms with van der Waals surface area (Å²) in [5, 5.41) is 6.25. The van der Waals surface area contributed by atoms with E-state index in [0.29, 0.717) is 11.7 Å². The summed E-state index contributed by atoms with van der Waals surface area (Å²) < 4.78 is 11.3. The number of ether oxygens (including phenoxy) is 1. The average Bonchev–Trinajstić information content (AvgIpc) is 3.18. The molecule has 0 radical (unpaired) electrons. The molecule has 0 aliphatic rings. The second-order valence-electron chi connectivity index (χ2n) is 6.19. The number of rotatable bonds is 5. The minimum Gasteiger partial charge on any atom is -0.491 e. The summed E-state index contributed by atoms with van der Waals surface area (Å²) in [7, 11) is 0. The molecule has 2 aromatic heterocycles. The maximum atomic E-state index is 5.80. The summed E-state index contributed by atoms with van der Waals surface area (Å²) >= 11 is 0. The molecular weight excluding hydrogens is 326 g/mol. The molecule has 1 atom stereocenters. The predicted octanol–water partition coefficient (Wildman–Crippen LogP) is 5.13. The van der Waals surface area contributed by atoms with Crippen LogP contribution >= 0.6 is 0 Å². The first-order chi connectivity index (χ1) is 12.7. The SMILES string of the molecule is CCC(C)Oc1ccc(-c2nc(-c3cccc4cnccc34)no2)cc1. The number of hydrogen-bond donors (Lipinski definition) is 0. The third-order valence-corrected chi connectivity index (χ3v) is 4.36. The molecule has 0 spiro atoms. The van der Waals surface area contributed by atoms with Crippen LogP contribution in [0.5, 0.6) is 5.75 Å². The number of nitrogens with zero attached hydrogens (tertiary/aromatic N) is 3. The topological polar surface area (TPSA) is 61.0 Å². The van der Waals surface area contributed by atoms with Gasteiger partial charge in [0, 0.05) is 28.9 Å². The van der Waals surface area contributed by atoms with Crippen molar-refractivity contribution in [3.8, 4) is 28.6 Å². The van der Waals surface area contributed by atoms with Crippen molar-refractivity contribution in [1.82, 2.24) is 15.1 Å². The van der Waals surface area contributed by atoms with E-state index in [1.165, 1.54) is 0 Å². The van der Waals surface area contributed by atoms with Gasteiger partial charge in [0.1, 0.15) is 5.75 Å². The van der Waals surface area contributed by atoms with Gasteiger partial charge < -0.3 is 9.26 Å². The monoisotopic (exact) mass is 345 g/mol. The second-order valence-corrected chi connectivity index (χ2v) is 6.19. The van der Waals surface area contributed by atoms with Gasteiger partial charge in [0.05, 0.1) is 6.10 Å². The Hall–Kier alpha value is -3.21. The molecule has 0 saturated heterocycles. The standard InChI is InChI=1S/C21H19N3O2/c1-3-14(2)25-17-9-7-15(8-10-17)21-23-20(24-26-21)19-6-4-5-16-13-22-12-11-18(16)19/h4-14H,3H2,1-2H3. The van der Waals surface area contributed by atoms with Crippen LogP contribution in [-0.2, 0) is 0 Å². The van der Waals surface area contributed by atoms with Crippen molar-refractivity contribution in [3.63, 3.8) is 0 Å². The van der Waals surface area contributed by atoms with E-state index in [1.807, 2.05) is 54.7 Å². The number of aromatic nitrogens is 3. The Morgan fingerprint density at radius 2 is 1.92 bits per heavy atom. The molecule has 130 valence electrons. The van der Waals surface area contributed by atoms with Gasteiger partial charge in [-0.15, -0.1) is 0 Å². The summed E-state index contributed by atoms with van der Waals surface area (Å²) in [6, 6.07) is 15.6. The maximum Gasteiger partial charge on any atom is 0.258 e. The molecular formula is C21H19N3O2. The zero-order valence-electron chi connectivity index (χ0n) is 14.7. The minimum atomic E-state index is 0.191. The highest BCUT2D eigenvalue weighted by Crippen LogP contribution is 2.28. The van der Waals surface area contributed by atoms with E-state index >= 15 is 0 Å². The lowest BCUT2D eigenvalue weighted by molar-refractivity contribution is 0.217. The fourth-order valence-corrected chi connectivity index (χ4v) is 2.76. The van der Waals surface area contributed by atoms with E-state index in [-0.39, 0.29) is 6.10 Å². The van der Waals surface area contributed by atoms with Crippen LogP contribution in [0.2, 0.25) is 0 Å². The van der Waals surface area contributed by atoms with Crippen LogP contribution in [0.3, 0.4) is 0 Å². The quantitative estimate of drug-likeness (QED) is 0.502. The molecule has 26 heavy (non-hydrogen) atoms. The fraction of sp³-hybridized carbons (Fsp3) is 0.190. The van der Waals surface area contributed by atoms with Crippen molar-refractivity contribution >= 4 is 10.8 Å². The highest BCUT2D eigenvalue weighted by molar-refractivity contribution is 5.94. The largest absolute Gasteiger partial charge is 0.491 e. The van der Waals surface area contributed by atoms with Gasteiger partial charge in [-0.1, -0.05) is 30.3 Å². The Morgan fingerprint density at radius 1 is 1.08 bits per heavy atom. The van der Waals surface area contributed by atoms with Gasteiger partial charge in [-0.05, 0) is 49.1 Å². The van der Waals surface area contributed by atoms with Crippen molar-refractivity contribution < 1.29 is 9.26 Å². The lowest BCUT2D eigenvalue weighted by Crippen LogP contribution is -2.09. The predicted molar refractivity (Wildman–Crippen MR) is 101 cm³/mol. The molecule has 0 bridgehead atoms. The third kappa shape index (κ3) is 3.16.